The van der Waals surface area contributed by atoms with Crippen LogP contribution in [0.15, 0.2) is 53.2 Å². The summed E-state index contributed by atoms with van der Waals surface area (Å²) in [5.74, 6) is -0.0423. The zero-order chi connectivity index (χ0) is 21.1. The molecule has 2 aromatic heterocycles. The van der Waals surface area contributed by atoms with Crippen LogP contribution in [0.5, 0.6) is 0 Å². The number of amides is 2. The second-order valence-corrected chi connectivity index (χ2v) is 9.55. The van der Waals surface area contributed by atoms with Gasteiger partial charge in [-0.05, 0) is 59.3 Å². The van der Waals surface area contributed by atoms with Crippen LogP contribution in [0.2, 0.25) is 0 Å². The van der Waals surface area contributed by atoms with Gasteiger partial charge in [0.15, 0.2) is 0 Å². The topological polar surface area (TPSA) is 40.6 Å². The minimum atomic E-state index is -0.0889. The first-order valence-corrected chi connectivity index (χ1v) is 12.1. The van der Waals surface area contributed by atoms with Crippen LogP contribution in [-0.4, -0.2) is 41.2 Å². The molecule has 0 aliphatic carbocycles. The van der Waals surface area contributed by atoms with Crippen LogP contribution in [0.3, 0.4) is 0 Å². The average Bonchev–Trinajstić information content (AvgIpc) is 3.44. The van der Waals surface area contributed by atoms with Crippen molar-refractivity contribution < 1.29 is 9.59 Å². The molecule has 2 amide bonds. The Bertz CT molecular complexity index is 1030. The summed E-state index contributed by atoms with van der Waals surface area (Å²) in [5, 5.41) is 4.02. The molecule has 3 aromatic rings. The van der Waals surface area contributed by atoms with Crippen molar-refractivity contribution in [2.75, 3.05) is 19.6 Å². The first kappa shape index (κ1) is 20.8. The Balaban J connectivity index is 1.63. The Hall–Kier alpha value is -2.44. The van der Waals surface area contributed by atoms with Gasteiger partial charge in [0.1, 0.15) is 6.54 Å². The number of carbonyl (C=O) groups excluding carboxylic acids is 2. The molecule has 1 aliphatic heterocycles. The fraction of sp³-hybridized carbons (Fsp3) is 0.333. The minimum Gasteiger partial charge on any atom is -0.330 e. The number of benzene rings is 1. The zero-order valence-corrected chi connectivity index (χ0v) is 19.0. The SMILES string of the molecule is CCCN(CC(=O)N1CCc2sccc2C1c1ccccc1C)C(=O)c1cccs1. The van der Waals surface area contributed by atoms with Gasteiger partial charge in [-0.1, -0.05) is 37.3 Å². The van der Waals surface area contributed by atoms with Gasteiger partial charge < -0.3 is 9.80 Å². The first-order valence-electron chi connectivity index (χ1n) is 10.3. The van der Waals surface area contributed by atoms with Crippen molar-refractivity contribution in [1.82, 2.24) is 9.80 Å². The smallest absolute Gasteiger partial charge is 0.264 e. The van der Waals surface area contributed by atoms with Gasteiger partial charge in [0.25, 0.3) is 5.91 Å². The molecule has 0 saturated carbocycles. The molecule has 1 aliphatic rings. The zero-order valence-electron chi connectivity index (χ0n) is 17.3. The van der Waals surface area contributed by atoms with Gasteiger partial charge in [0.2, 0.25) is 5.91 Å². The average molecular weight is 439 g/mol. The number of hydrogen-bond donors (Lipinski definition) is 0. The maximum atomic E-state index is 13.5. The van der Waals surface area contributed by atoms with Crippen molar-refractivity contribution in [3.63, 3.8) is 0 Å². The molecule has 4 nitrogen and oxygen atoms in total. The van der Waals surface area contributed by atoms with E-state index in [1.807, 2.05) is 41.5 Å². The van der Waals surface area contributed by atoms with Gasteiger partial charge in [-0.15, -0.1) is 22.7 Å². The summed E-state index contributed by atoms with van der Waals surface area (Å²) in [5.41, 5.74) is 3.57. The van der Waals surface area contributed by atoms with Crippen LogP contribution in [-0.2, 0) is 11.2 Å². The molecule has 6 heteroatoms. The van der Waals surface area contributed by atoms with E-state index >= 15 is 0 Å². The fourth-order valence-corrected chi connectivity index (χ4v) is 5.74. The van der Waals surface area contributed by atoms with Crippen LogP contribution in [0.4, 0.5) is 0 Å². The van der Waals surface area contributed by atoms with Gasteiger partial charge in [0.05, 0.1) is 10.9 Å². The Morgan fingerprint density at radius 3 is 2.63 bits per heavy atom. The molecule has 30 heavy (non-hydrogen) atoms. The van der Waals surface area contributed by atoms with Gasteiger partial charge in [-0.3, -0.25) is 9.59 Å². The normalized spacial score (nSPS) is 15.7. The third-order valence-corrected chi connectivity index (χ3v) is 7.46. The van der Waals surface area contributed by atoms with Crippen LogP contribution in [0, 0.1) is 6.92 Å². The molecule has 1 atom stereocenters. The van der Waals surface area contributed by atoms with Gasteiger partial charge in [-0.2, -0.15) is 0 Å². The number of carbonyl (C=O) groups is 2. The molecule has 0 spiro atoms. The van der Waals surface area contributed by atoms with Crippen LogP contribution >= 0.6 is 22.7 Å². The molecule has 1 aromatic carbocycles. The summed E-state index contributed by atoms with van der Waals surface area (Å²) in [7, 11) is 0. The van der Waals surface area contributed by atoms with E-state index < -0.39 is 0 Å². The summed E-state index contributed by atoms with van der Waals surface area (Å²) in [6.07, 6.45) is 1.69. The van der Waals surface area contributed by atoms with Crippen LogP contribution in [0.1, 0.15) is 50.6 Å². The largest absolute Gasteiger partial charge is 0.330 e. The fourth-order valence-electron chi connectivity index (χ4n) is 4.15. The molecule has 0 radical (unpaired) electrons. The van der Waals surface area contributed by atoms with Crippen molar-refractivity contribution in [2.45, 2.75) is 32.7 Å². The Kier molecular flexibility index (Phi) is 6.35. The third-order valence-electron chi connectivity index (χ3n) is 5.61. The molecule has 1 unspecified atom stereocenters. The van der Waals surface area contributed by atoms with E-state index in [9.17, 15) is 9.59 Å². The lowest BCUT2D eigenvalue weighted by Crippen LogP contribution is -2.47. The van der Waals surface area contributed by atoms with Gasteiger partial charge in [0, 0.05) is 18.0 Å². The standard InChI is InChI=1S/C24H26N2O2S2/c1-3-12-25(24(28)21-9-6-14-29-21)16-22(27)26-13-10-20-19(11-15-30-20)23(26)18-8-5-4-7-17(18)2/h4-9,11,14-15,23H,3,10,12-13,16H2,1-2H3. The third kappa shape index (κ3) is 4.07. The molecule has 0 fully saturated rings. The lowest BCUT2D eigenvalue weighted by molar-refractivity contribution is -0.134. The number of fused-ring (bicyclic) bond motifs is 1. The maximum Gasteiger partial charge on any atom is 0.264 e. The van der Waals surface area contributed by atoms with Crippen LogP contribution < -0.4 is 0 Å². The summed E-state index contributed by atoms with van der Waals surface area (Å²) < 4.78 is 0. The minimum absolute atomic E-state index is 0.0125. The predicted octanol–water partition coefficient (Wildman–Crippen LogP) is 5.14. The molecule has 3 heterocycles. The van der Waals surface area contributed by atoms with E-state index in [1.165, 1.54) is 27.3 Å². The molecule has 0 bridgehead atoms. The van der Waals surface area contributed by atoms with E-state index in [4.69, 9.17) is 0 Å². The number of nitrogens with zero attached hydrogens (tertiary/aromatic N) is 2. The highest BCUT2D eigenvalue weighted by Crippen LogP contribution is 2.39. The molecular weight excluding hydrogens is 412 g/mol. The molecule has 0 saturated heterocycles. The number of aryl methyl sites for hydroxylation is 1. The van der Waals surface area contributed by atoms with Gasteiger partial charge >= 0.3 is 0 Å². The lowest BCUT2D eigenvalue weighted by atomic mass is 9.90. The molecule has 4 rings (SSSR count). The van der Waals surface area contributed by atoms with E-state index in [-0.39, 0.29) is 24.4 Å². The summed E-state index contributed by atoms with van der Waals surface area (Å²) in [6, 6.07) is 14.1. The van der Waals surface area contributed by atoms with E-state index in [1.54, 1.807) is 16.2 Å². The van der Waals surface area contributed by atoms with E-state index in [0.717, 1.165) is 18.4 Å². The number of hydrogen-bond acceptors (Lipinski definition) is 4. The summed E-state index contributed by atoms with van der Waals surface area (Å²) >= 11 is 3.19. The summed E-state index contributed by atoms with van der Waals surface area (Å²) in [4.78, 5) is 32.2. The second-order valence-electron chi connectivity index (χ2n) is 7.60. The van der Waals surface area contributed by atoms with Crippen molar-refractivity contribution in [1.29, 1.82) is 0 Å². The van der Waals surface area contributed by atoms with Crippen molar-refractivity contribution in [3.8, 4) is 0 Å². The second kappa shape index (κ2) is 9.14. The Labute approximate surface area is 185 Å². The molecule has 0 N–H and O–H groups in total. The monoisotopic (exact) mass is 438 g/mol. The van der Waals surface area contributed by atoms with E-state index in [0.29, 0.717) is 18.0 Å². The van der Waals surface area contributed by atoms with E-state index in [2.05, 4.69) is 30.5 Å². The highest BCUT2D eigenvalue weighted by molar-refractivity contribution is 7.12. The molecular formula is C24H26N2O2S2. The molecule has 156 valence electrons. The number of rotatable bonds is 6. The predicted molar refractivity (Wildman–Crippen MR) is 123 cm³/mol. The van der Waals surface area contributed by atoms with Crippen molar-refractivity contribution in [2.24, 2.45) is 0 Å². The highest BCUT2D eigenvalue weighted by Gasteiger charge is 2.34. The maximum absolute atomic E-state index is 13.5. The summed E-state index contributed by atoms with van der Waals surface area (Å²) in [6.45, 7) is 5.51. The van der Waals surface area contributed by atoms with Crippen LogP contribution in [0.25, 0.3) is 0 Å². The first-order chi connectivity index (χ1) is 14.6. The van der Waals surface area contributed by atoms with Crippen molar-refractivity contribution >= 4 is 34.5 Å². The number of thiophene rings is 2. The quantitative estimate of drug-likeness (QED) is 0.534. The Morgan fingerprint density at radius 2 is 1.90 bits per heavy atom. The lowest BCUT2D eigenvalue weighted by Gasteiger charge is -2.38. The Morgan fingerprint density at radius 1 is 1.07 bits per heavy atom. The van der Waals surface area contributed by atoms with Gasteiger partial charge in [-0.25, -0.2) is 0 Å². The van der Waals surface area contributed by atoms with Crippen molar-refractivity contribution in [3.05, 3.63) is 79.7 Å². The highest BCUT2D eigenvalue weighted by atomic mass is 32.1.